The maximum atomic E-state index is 8.93. The molecule has 5 nitrogen and oxygen atoms in total. The summed E-state index contributed by atoms with van der Waals surface area (Å²) in [7, 11) is 0. The molecule has 0 unspecified atom stereocenters. The van der Waals surface area contributed by atoms with Gasteiger partial charge >= 0.3 is 0 Å². The fourth-order valence-electron chi connectivity index (χ4n) is 2.45. The third-order valence-electron chi connectivity index (χ3n) is 3.55. The van der Waals surface area contributed by atoms with Crippen LogP contribution in [0.2, 0.25) is 0 Å². The highest BCUT2D eigenvalue weighted by molar-refractivity contribution is 5.65. The Morgan fingerprint density at radius 2 is 1.54 bits per heavy atom. The van der Waals surface area contributed by atoms with Crippen LogP contribution in [0.15, 0.2) is 60.7 Å². The van der Waals surface area contributed by atoms with Crippen molar-refractivity contribution in [2.75, 3.05) is 10.6 Å². The number of aromatic nitrogens is 2. The van der Waals surface area contributed by atoms with Gasteiger partial charge in [-0.25, -0.2) is 9.97 Å². The van der Waals surface area contributed by atoms with Gasteiger partial charge in [0.2, 0.25) is 0 Å². The summed E-state index contributed by atoms with van der Waals surface area (Å²) in [5, 5.41) is 15.6. The van der Waals surface area contributed by atoms with E-state index < -0.39 is 0 Å². The standard InChI is InChI=1S/C21H21N5/c1-21(2,3)26-19-13-18(23-17-11-9-15(14-22)10-12-17)24-20(25-19)16-7-5-4-6-8-16/h4-13H,1-3H3,(H2,23,24,25,26). The van der Waals surface area contributed by atoms with Gasteiger partial charge in [0.25, 0.3) is 0 Å². The molecule has 0 bridgehead atoms. The summed E-state index contributed by atoms with van der Waals surface area (Å²) in [6, 6.07) is 21.2. The Kier molecular flexibility index (Phi) is 4.85. The molecule has 130 valence electrons. The molecule has 26 heavy (non-hydrogen) atoms. The normalized spacial score (nSPS) is 10.8. The first-order valence-electron chi connectivity index (χ1n) is 8.43. The summed E-state index contributed by atoms with van der Waals surface area (Å²) < 4.78 is 0. The summed E-state index contributed by atoms with van der Waals surface area (Å²) >= 11 is 0. The molecule has 0 saturated heterocycles. The largest absolute Gasteiger partial charge is 0.365 e. The maximum Gasteiger partial charge on any atom is 0.163 e. The van der Waals surface area contributed by atoms with Gasteiger partial charge in [-0.1, -0.05) is 30.3 Å². The van der Waals surface area contributed by atoms with E-state index in [1.807, 2.05) is 48.5 Å². The zero-order valence-corrected chi connectivity index (χ0v) is 15.1. The van der Waals surface area contributed by atoms with Crippen molar-refractivity contribution in [1.82, 2.24) is 9.97 Å². The fourth-order valence-corrected chi connectivity index (χ4v) is 2.45. The molecule has 2 aromatic carbocycles. The van der Waals surface area contributed by atoms with Crippen LogP contribution < -0.4 is 10.6 Å². The van der Waals surface area contributed by atoms with Gasteiger partial charge in [-0.15, -0.1) is 0 Å². The second-order valence-electron chi connectivity index (χ2n) is 7.02. The summed E-state index contributed by atoms with van der Waals surface area (Å²) in [5.41, 5.74) is 2.32. The number of rotatable bonds is 4. The molecular formula is C21H21N5. The summed E-state index contributed by atoms with van der Waals surface area (Å²) in [4.78, 5) is 9.30. The minimum Gasteiger partial charge on any atom is -0.365 e. The second kappa shape index (κ2) is 7.24. The van der Waals surface area contributed by atoms with Crippen LogP contribution in [0, 0.1) is 11.3 Å². The Morgan fingerprint density at radius 3 is 2.15 bits per heavy atom. The lowest BCUT2D eigenvalue weighted by Gasteiger charge is -2.22. The zero-order valence-electron chi connectivity index (χ0n) is 15.1. The van der Waals surface area contributed by atoms with E-state index in [1.54, 1.807) is 12.1 Å². The predicted molar refractivity (Wildman–Crippen MR) is 105 cm³/mol. The number of hydrogen-bond donors (Lipinski definition) is 2. The molecule has 0 saturated carbocycles. The first-order valence-corrected chi connectivity index (χ1v) is 8.43. The molecule has 0 amide bonds. The number of benzene rings is 2. The second-order valence-corrected chi connectivity index (χ2v) is 7.02. The number of nitriles is 1. The predicted octanol–water partition coefficient (Wildman–Crippen LogP) is 4.97. The third kappa shape index (κ3) is 4.58. The average molecular weight is 343 g/mol. The lowest BCUT2D eigenvalue weighted by Crippen LogP contribution is -2.26. The minimum atomic E-state index is -0.117. The molecule has 3 aromatic rings. The van der Waals surface area contributed by atoms with E-state index in [1.165, 1.54) is 0 Å². The van der Waals surface area contributed by atoms with E-state index in [0.717, 1.165) is 17.1 Å². The Hall–Kier alpha value is -3.39. The third-order valence-corrected chi connectivity index (χ3v) is 3.55. The summed E-state index contributed by atoms with van der Waals surface area (Å²) in [5.74, 6) is 2.09. The van der Waals surface area contributed by atoms with Crippen LogP contribution in [0.1, 0.15) is 26.3 Å². The van der Waals surface area contributed by atoms with Crippen LogP contribution in [0.5, 0.6) is 0 Å². The molecule has 0 fully saturated rings. The lowest BCUT2D eigenvalue weighted by atomic mass is 10.1. The quantitative estimate of drug-likeness (QED) is 0.699. The van der Waals surface area contributed by atoms with E-state index in [-0.39, 0.29) is 5.54 Å². The monoisotopic (exact) mass is 343 g/mol. The molecule has 0 atom stereocenters. The highest BCUT2D eigenvalue weighted by atomic mass is 15.1. The minimum absolute atomic E-state index is 0.117. The van der Waals surface area contributed by atoms with Gasteiger partial charge in [-0.3, -0.25) is 0 Å². The van der Waals surface area contributed by atoms with Crippen molar-refractivity contribution in [2.45, 2.75) is 26.3 Å². The first kappa shape index (κ1) is 17.4. The molecule has 0 radical (unpaired) electrons. The number of anilines is 3. The Labute approximate surface area is 153 Å². The average Bonchev–Trinajstić information content (AvgIpc) is 2.61. The molecular weight excluding hydrogens is 322 g/mol. The summed E-state index contributed by atoms with van der Waals surface area (Å²) in [6.07, 6.45) is 0. The smallest absolute Gasteiger partial charge is 0.163 e. The van der Waals surface area contributed by atoms with Crippen LogP contribution in [0.3, 0.4) is 0 Å². The molecule has 0 aliphatic rings. The molecule has 0 aliphatic carbocycles. The Bertz CT molecular complexity index is 919. The first-order chi connectivity index (χ1) is 12.4. The van der Waals surface area contributed by atoms with Gasteiger partial charge in [-0.05, 0) is 45.0 Å². The zero-order chi connectivity index (χ0) is 18.6. The van der Waals surface area contributed by atoms with Crippen LogP contribution >= 0.6 is 0 Å². The van der Waals surface area contributed by atoms with Crippen LogP contribution in [0.4, 0.5) is 17.3 Å². The SMILES string of the molecule is CC(C)(C)Nc1cc(Nc2ccc(C#N)cc2)nc(-c2ccccc2)n1. The van der Waals surface area contributed by atoms with Gasteiger partial charge in [-0.2, -0.15) is 5.26 Å². The van der Waals surface area contributed by atoms with Crippen LogP contribution in [0.25, 0.3) is 11.4 Å². The van der Waals surface area contributed by atoms with Crippen molar-refractivity contribution < 1.29 is 0 Å². The van der Waals surface area contributed by atoms with E-state index in [9.17, 15) is 0 Å². The van der Waals surface area contributed by atoms with Crippen molar-refractivity contribution in [3.8, 4) is 17.5 Å². The molecule has 0 spiro atoms. The Balaban J connectivity index is 1.97. The van der Waals surface area contributed by atoms with E-state index >= 15 is 0 Å². The van der Waals surface area contributed by atoms with E-state index in [4.69, 9.17) is 5.26 Å². The van der Waals surface area contributed by atoms with Crippen LogP contribution in [-0.2, 0) is 0 Å². The molecule has 2 N–H and O–H groups in total. The topological polar surface area (TPSA) is 73.6 Å². The molecule has 1 heterocycles. The van der Waals surface area contributed by atoms with E-state index in [0.29, 0.717) is 17.2 Å². The maximum absolute atomic E-state index is 8.93. The van der Waals surface area contributed by atoms with Crippen LogP contribution in [-0.4, -0.2) is 15.5 Å². The molecule has 3 rings (SSSR count). The van der Waals surface area contributed by atoms with Gasteiger partial charge < -0.3 is 10.6 Å². The fraction of sp³-hybridized carbons (Fsp3) is 0.190. The van der Waals surface area contributed by atoms with Gasteiger partial charge in [0.1, 0.15) is 11.6 Å². The van der Waals surface area contributed by atoms with Gasteiger partial charge in [0.05, 0.1) is 11.6 Å². The Morgan fingerprint density at radius 1 is 0.885 bits per heavy atom. The number of nitrogens with one attached hydrogen (secondary N) is 2. The molecule has 5 heteroatoms. The van der Waals surface area contributed by atoms with Crippen molar-refractivity contribution >= 4 is 17.3 Å². The van der Waals surface area contributed by atoms with Crippen molar-refractivity contribution in [3.63, 3.8) is 0 Å². The number of nitrogens with zero attached hydrogens (tertiary/aromatic N) is 3. The van der Waals surface area contributed by atoms with Crippen molar-refractivity contribution in [3.05, 3.63) is 66.2 Å². The lowest BCUT2D eigenvalue weighted by molar-refractivity contribution is 0.630. The highest BCUT2D eigenvalue weighted by Crippen LogP contribution is 2.24. The van der Waals surface area contributed by atoms with Gasteiger partial charge in [0.15, 0.2) is 5.82 Å². The van der Waals surface area contributed by atoms with Crippen molar-refractivity contribution in [2.24, 2.45) is 0 Å². The van der Waals surface area contributed by atoms with E-state index in [2.05, 4.69) is 47.4 Å². The summed E-state index contributed by atoms with van der Waals surface area (Å²) in [6.45, 7) is 6.26. The molecule has 1 aromatic heterocycles. The van der Waals surface area contributed by atoms with Gasteiger partial charge in [0, 0.05) is 22.9 Å². The molecule has 0 aliphatic heterocycles. The highest BCUT2D eigenvalue weighted by Gasteiger charge is 2.13. The van der Waals surface area contributed by atoms with Crippen molar-refractivity contribution in [1.29, 1.82) is 5.26 Å². The number of hydrogen-bond acceptors (Lipinski definition) is 5.